The molecule has 4 nitrogen and oxygen atoms in total. The summed E-state index contributed by atoms with van der Waals surface area (Å²) < 4.78 is 28.9. The van der Waals surface area contributed by atoms with Crippen molar-refractivity contribution in [2.45, 2.75) is 45.4 Å². The molecular weight excluding hydrogens is 262 g/mol. The maximum atomic E-state index is 11.5. The van der Waals surface area contributed by atoms with Gasteiger partial charge in [-0.2, -0.15) is 0 Å². The molecule has 19 heavy (non-hydrogen) atoms. The minimum Gasteiger partial charge on any atom is -0.493 e. The first-order chi connectivity index (χ1) is 8.62. The first-order valence-electron chi connectivity index (χ1n) is 6.43. The molecule has 0 aliphatic rings. The second-order valence-electron chi connectivity index (χ2n) is 5.56. The molecule has 0 spiro atoms. The third-order valence-corrected chi connectivity index (χ3v) is 3.86. The Labute approximate surface area is 116 Å². The Hall–Kier alpha value is -1.07. The molecule has 0 radical (unpaired) electrons. The Morgan fingerprint density at radius 2 is 1.79 bits per heavy atom. The van der Waals surface area contributed by atoms with Crippen molar-refractivity contribution in [1.29, 1.82) is 0 Å². The average molecular weight is 285 g/mol. The van der Waals surface area contributed by atoms with Gasteiger partial charge in [0.15, 0.2) is 0 Å². The maximum Gasteiger partial charge on any atom is 0.238 e. The molecule has 0 amide bonds. The number of aryl methyl sites for hydroxylation is 1. The third kappa shape index (κ3) is 4.21. The minimum absolute atomic E-state index is 0.170. The number of benzene rings is 1. The zero-order valence-electron chi connectivity index (χ0n) is 12.2. The highest BCUT2D eigenvalue weighted by atomic mass is 32.2. The number of ether oxygens (including phenoxy) is 1. The first kappa shape index (κ1) is 16.0. The average Bonchev–Trinajstić information content (AvgIpc) is 2.23. The van der Waals surface area contributed by atoms with Crippen molar-refractivity contribution in [2.24, 2.45) is 11.1 Å². The lowest BCUT2D eigenvalue weighted by molar-refractivity contribution is 0.267. The molecule has 5 heteroatoms. The minimum atomic E-state index is -3.69. The van der Waals surface area contributed by atoms with Gasteiger partial charge in [0.2, 0.25) is 10.0 Å². The molecule has 0 atom stereocenters. The fourth-order valence-electron chi connectivity index (χ4n) is 1.82. The van der Waals surface area contributed by atoms with Gasteiger partial charge < -0.3 is 4.74 Å². The van der Waals surface area contributed by atoms with Crippen LogP contribution in [0.25, 0.3) is 0 Å². The van der Waals surface area contributed by atoms with Crippen molar-refractivity contribution in [3.8, 4) is 5.75 Å². The summed E-state index contributed by atoms with van der Waals surface area (Å²) >= 11 is 0. The monoisotopic (exact) mass is 285 g/mol. The summed E-state index contributed by atoms with van der Waals surface area (Å²) in [5, 5.41) is 5.23. The van der Waals surface area contributed by atoms with Crippen molar-refractivity contribution >= 4 is 10.0 Å². The molecule has 1 aromatic carbocycles. The molecule has 0 aliphatic heterocycles. The molecule has 0 saturated heterocycles. The SMILES string of the molecule is Cc1cc(OCC(C)C)c(C(C)C)cc1S(N)(=O)=O. The van der Waals surface area contributed by atoms with Crippen molar-refractivity contribution < 1.29 is 13.2 Å². The van der Waals surface area contributed by atoms with Crippen LogP contribution in [0.15, 0.2) is 17.0 Å². The van der Waals surface area contributed by atoms with Crippen LogP contribution in [0.4, 0.5) is 0 Å². The summed E-state index contributed by atoms with van der Waals surface area (Å²) in [5.74, 6) is 1.33. The number of primary sulfonamides is 1. The van der Waals surface area contributed by atoms with Crippen LogP contribution in [0.2, 0.25) is 0 Å². The number of hydrogen-bond acceptors (Lipinski definition) is 3. The number of hydrogen-bond donors (Lipinski definition) is 1. The fraction of sp³-hybridized carbons (Fsp3) is 0.571. The Bertz CT molecular complexity index is 548. The van der Waals surface area contributed by atoms with Gasteiger partial charge in [0.05, 0.1) is 11.5 Å². The Balaban J connectivity index is 3.30. The van der Waals surface area contributed by atoms with Crippen LogP contribution in [0.1, 0.15) is 44.7 Å². The lowest BCUT2D eigenvalue weighted by atomic mass is 10.0. The summed E-state index contributed by atoms with van der Waals surface area (Å²) in [5.41, 5.74) is 1.49. The van der Waals surface area contributed by atoms with Gasteiger partial charge in [0.1, 0.15) is 5.75 Å². The van der Waals surface area contributed by atoms with Gasteiger partial charge >= 0.3 is 0 Å². The third-order valence-electron chi connectivity index (χ3n) is 2.81. The van der Waals surface area contributed by atoms with Crippen LogP contribution in [-0.2, 0) is 10.0 Å². The van der Waals surface area contributed by atoms with Crippen LogP contribution in [0, 0.1) is 12.8 Å². The molecule has 0 unspecified atom stereocenters. The largest absolute Gasteiger partial charge is 0.493 e. The van der Waals surface area contributed by atoms with E-state index in [1.54, 1.807) is 19.1 Å². The lowest BCUT2D eigenvalue weighted by Gasteiger charge is -2.18. The summed E-state index contributed by atoms with van der Waals surface area (Å²) in [4.78, 5) is 0.174. The van der Waals surface area contributed by atoms with Gasteiger partial charge in [-0.05, 0) is 42.0 Å². The van der Waals surface area contributed by atoms with Gasteiger partial charge in [0.25, 0.3) is 0 Å². The van der Waals surface area contributed by atoms with E-state index < -0.39 is 10.0 Å². The van der Waals surface area contributed by atoms with E-state index in [0.717, 1.165) is 11.3 Å². The summed E-state index contributed by atoms with van der Waals surface area (Å²) in [6.45, 7) is 10.5. The smallest absolute Gasteiger partial charge is 0.238 e. The van der Waals surface area contributed by atoms with E-state index in [9.17, 15) is 8.42 Å². The van der Waals surface area contributed by atoms with Crippen molar-refractivity contribution in [3.05, 3.63) is 23.3 Å². The Morgan fingerprint density at radius 3 is 2.21 bits per heavy atom. The van der Waals surface area contributed by atoms with Crippen molar-refractivity contribution in [1.82, 2.24) is 0 Å². The number of sulfonamides is 1. The van der Waals surface area contributed by atoms with Crippen LogP contribution in [0.5, 0.6) is 5.75 Å². The van der Waals surface area contributed by atoms with E-state index in [1.165, 1.54) is 0 Å². The maximum absolute atomic E-state index is 11.5. The van der Waals surface area contributed by atoms with E-state index in [1.807, 2.05) is 13.8 Å². The van der Waals surface area contributed by atoms with E-state index in [4.69, 9.17) is 9.88 Å². The van der Waals surface area contributed by atoms with Gasteiger partial charge in [-0.15, -0.1) is 0 Å². The second kappa shape index (κ2) is 5.92. The van der Waals surface area contributed by atoms with Crippen molar-refractivity contribution in [2.75, 3.05) is 6.61 Å². The molecule has 1 rings (SSSR count). The van der Waals surface area contributed by atoms with E-state index in [0.29, 0.717) is 18.1 Å². The zero-order valence-corrected chi connectivity index (χ0v) is 13.0. The fourth-order valence-corrected chi connectivity index (χ4v) is 2.62. The molecular formula is C14H23NO3S. The summed E-state index contributed by atoms with van der Waals surface area (Å²) in [7, 11) is -3.69. The predicted molar refractivity (Wildman–Crippen MR) is 77.0 cm³/mol. The molecule has 0 saturated carbocycles. The number of nitrogens with two attached hydrogens (primary N) is 1. The first-order valence-corrected chi connectivity index (χ1v) is 7.97. The molecule has 108 valence electrons. The quantitative estimate of drug-likeness (QED) is 0.904. The summed E-state index contributed by atoms with van der Waals surface area (Å²) in [6.07, 6.45) is 0. The van der Waals surface area contributed by atoms with E-state index in [-0.39, 0.29) is 10.8 Å². The molecule has 0 aromatic heterocycles. The normalized spacial score (nSPS) is 12.2. The molecule has 0 bridgehead atoms. The van der Waals surface area contributed by atoms with E-state index in [2.05, 4.69) is 13.8 Å². The van der Waals surface area contributed by atoms with E-state index >= 15 is 0 Å². The highest BCUT2D eigenvalue weighted by molar-refractivity contribution is 7.89. The van der Waals surface area contributed by atoms with Gasteiger partial charge in [-0.3, -0.25) is 0 Å². The zero-order chi connectivity index (χ0) is 14.8. The summed E-state index contributed by atoms with van der Waals surface area (Å²) in [6, 6.07) is 3.39. The number of rotatable bonds is 5. The van der Waals surface area contributed by atoms with Gasteiger partial charge in [0, 0.05) is 0 Å². The van der Waals surface area contributed by atoms with Crippen molar-refractivity contribution in [3.63, 3.8) is 0 Å². The Kier molecular flexibility index (Phi) is 4.98. The van der Waals surface area contributed by atoms with Crippen LogP contribution < -0.4 is 9.88 Å². The highest BCUT2D eigenvalue weighted by Gasteiger charge is 2.18. The van der Waals surface area contributed by atoms with Gasteiger partial charge in [-0.1, -0.05) is 27.7 Å². The molecule has 2 N–H and O–H groups in total. The topological polar surface area (TPSA) is 69.4 Å². The predicted octanol–water partition coefficient (Wildman–Crippen LogP) is 2.80. The van der Waals surface area contributed by atoms with Crippen LogP contribution in [-0.4, -0.2) is 15.0 Å². The van der Waals surface area contributed by atoms with Gasteiger partial charge in [-0.25, -0.2) is 13.6 Å². The molecule has 0 aliphatic carbocycles. The second-order valence-corrected chi connectivity index (χ2v) is 7.09. The molecule has 1 aromatic rings. The van der Waals surface area contributed by atoms with Crippen LogP contribution >= 0.6 is 0 Å². The lowest BCUT2D eigenvalue weighted by Crippen LogP contribution is -2.15. The molecule has 0 heterocycles. The highest BCUT2D eigenvalue weighted by Crippen LogP contribution is 2.31. The standard InChI is InChI=1S/C14H23NO3S/c1-9(2)8-18-13-6-11(5)14(19(15,16)17)7-12(13)10(3)4/h6-7,9-10H,8H2,1-5H3,(H2,15,16,17). The van der Waals surface area contributed by atoms with Crippen LogP contribution in [0.3, 0.4) is 0 Å². The Morgan fingerprint density at radius 1 is 1.21 bits per heavy atom. The molecule has 0 fully saturated rings.